The Morgan fingerprint density at radius 1 is 0.617 bits per heavy atom. The van der Waals surface area contributed by atoms with Crippen LogP contribution in [0.3, 0.4) is 0 Å². The molecule has 0 radical (unpaired) electrons. The largest absolute Gasteiger partial charge is 0.364 e. The van der Waals surface area contributed by atoms with Crippen LogP contribution < -0.4 is 4.90 Å². The van der Waals surface area contributed by atoms with E-state index in [1.165, 1.54) is 72.4 Å². The molecule has 0 aliphatic carbocycles. The van der Waals surface area contributed by atoms with Crippen LogP contribution >= 0.6 is 0 Å². The Kier molecular flexibility index (Phi) is 9.61. The number of hydrogen-bond donors (Lipinski definition) is 0. The number of benzene rings is 3. The first-order valence-electron chi connectivity index (χ1n) is 17.2. The molecule has 1 aliphatic heterocycles. The van der Waals surface area contributed by atoms with Gasteiger partial charge in [-0.2, -0.15) is 0 Å². The zero-order chi connectivity index (χ0) is 33.2. The second kappa shape index (κ2) is 13.8. The van der Waals surface area contributed by atoms with E-state index in [1.54, 1.807) is 0 Å². The van der Waals surface area contributed by atoms with Crippen LogP contribution in [0.2, 0.25) is 0 Å². The molecule has 0 N–H and O–H groups in total. The van der Waals surface area contributed by atoms with E-state index in [2.05, 4.69) is 138 Å². The molecule has 1 aliphatic rings. The van der Waals surface area contributed by atoms with Gasteiger partial charge in [0.05, 0.1) is 11.4 Å². The van der Waals surface area contributed by atoms with Crippen molar-refractivity contribution in [2.24, 2.45) is 0 Å². The molecule has 47 heavy (non-hydrogen) atoms. The topological polar surface area (TPSA) is 32.3 Å². The standard InChI is InChI=1S/C43H50N4/c1-28-17-29(2)19-41(18-28)47(27-37-9-10-42(45-25-37)38-20-30(3)34(7)31(4)21-38)40-12-15-46(16-13-40)26-36-11-14-44-43(24-36)39-22-32(5)35(8)33(6)23-39/h9-11,14,17-25,40H,12-13,15-16,26-27H2,1-8H3. The Morgan fingerprint density at radius 3 is 1.74 bits per heavy atom. The van der Waals surface area contributed by atoms with Crippen LogP contribution in [0.5, 0.6) is 0 Å². The van der Waals surface area contributed by atoms with E-state index in [1.807, 2.05) is 6.20 Å². The summed E-state index contributed by atoms with van der Waals surface area (Å²) < 4.78 is 0. The van der Waals surface area contributed by atoms with Gasteiger partial charge in [-0.3, -0.25) is 14.9 Å². The fourth-order valence-electron chi connectivity index (χ4n) is 7.18. The Labute approximate surface area is 282 Å². The maximum absolute atomic E-state index is 4.95. The number of pyridine rings is 2. The highest BCUT2D eigenvalue weighted by Crippen LogP contribution is 2.30. The summed E-state index contributed by atoms with van der Waals surface area (Å²) in [5, 5.41) is 0. The quantitative estimate of drug-likeness (QED) is 0.172. The molecule has 3 aromatic carbocycles. The number of aryl methyl sites for hydroxylation is 6. The molecule has 242 valence electrons. The van der Waals surface area contributed by atoms with Crippen LogP contribution in [0.15, 0.2) is 79.1 Å². The highest BCUT2D eigenvalue weighted by atomic mass is 15.2. The normalized spacial score (nSPS) is 14.0. The average Bonchev–Trinajstić information content (AvgIpc) is 3.05. The van der Waals surface area contributed by atoms with Crippen molar-refractivity contribution in [3.8, 4) is 22.5 Å². The summed E-state index contributed by atoms with van der Waals surface area (Å²) >= 11 is 0. The van der Waals surface area contributed by atoms with Crippen molar-refractivity contribution < 1.29 is 0 Å². The van der Waals surface area contributed by atoms with E-state index in [9.17, 15) is 0 Å². The Balaban J connectivity index is 1.17. The van der Waals surface area contributed by atoms with Gasteiger partial charge in [0.25, 0.3) is 0 Å². The van der Waals surface area contributed by atoms with Crippen LogP contribution in [0.25, 0.3) is 22.5 Å². The Morgan fingerprint density at radius 2 is 1.19 bits per heavy atom. The minimum absolute atomic E-state index is 0.473. The van der Waals surface area contributed by atoms with E-state index in [4.69, 9.17) is 9.97 Å². The predicted molar refractivity (Wildman–Crippen MR) is 198 cm³/mol. The monoisotopic (exact) mass is 622 g/mol. The van der Waals surface area contributed by atoms with Gasteiger partial charge in [-0.15, -0.1) is 0 Å². The summed E-state index contributed by atoms with van der Waals surface area (Å²) in [4.78, 5) is 14.9. The molecular weight excluding hydrogens is 573 g/mol. The molecule has 5 aromatic rings. The van der Waals surface area contributed by atoms with Gasteiger partial charge >= 0.3 is 0 Å². The lowest BCUT2D eigenvalue weighted by Crippen LogP contribution is -2.44. The van der Waals surface area contributed by atoms with Crippen molar-refractivity contribution in [2.45, 2.75) is 87.4 Å². The van der Waals surface area contributed by atoms with E-state index in [-0.39, 0.29) is 0 Å². The lowest BCUT2D eigenvalue weighted by molar-refractivity contribution is 0.201. The van der Waals surface area contributed by atoms with Crippen LogP contribution in [-0.2, 0) is 13.1 Å². The SMILES string of the molecule is Cc1cc(C)cc(N(Cc2ccc(-c3cc(C)c(C)c(C)c3)nc2)C2CCN(Cc3ccnc(-c4cc(C)c(C)c(C)c4)c3)CC2)c1. The van der Waals surface area contributed by atoms with Gasteiger partial charge in [-0.05, 0) is 178 Å². The molecule has 0 amide bonds. The zero-order valence-electron chi connectivity index (χ0n) is 29.6. The first kappa shape index (κ1) is 32.7. The molecule has 6 rings (SSSR count). The second-order valence-corrected chi connectivity index (χ2v) is 14.1. The van der Waals surface area contributed by atoms with Crippen molar-refractivity contribution in [2.75, 3.05) is 18.0 Å². The molecule has 4 heteroatoms. The molecule has 0 spiro atoms. The molecule has 1 fully saturated rings. The van der Waals surface area contributed by atoms with E-state index >= 15 is 0 Å². The van der Waals surface area contributed by atoms with Crippen molar-refractivity contribution >= 4 is 5.69 Å². The summed E-state index contributed by atoms with van der Waals surface area (Å²) in [5.41, 5.74) is 19.1. The maximum Gasteiger partial charge on any atom is 0.0705 e. The highest BCUT2D eigenvalue weighted by molar-refractivity contribution is 5.64. The third-order valence-electron chi connectivity index (χ3n) is 10.4. The number of likely N-dealkylation sites (tertiary alicyclic amines) is 1. The van der Waals surface area contributed by atoms with E-state index in [0.717, 1.165) is 50.4 Å². The number of hydrogen-bond acceptors (Lipinski definition) is 4. The average molecular weight is 623 g/mol. The van der Waals surface area contributed by atoms with E-state index < -0.39 is 0 Å². The predicted octanol–water partition coefficient (Wildman–Crippen LogP) is 9.95. The number of nitrogens with zero attached hydrogens (tertiary/aromatic N) is 4. The van der Waals surface area contributed by atoms with Crippen molar-refractivity contribution in [1.29, 1.82) is 0 Å². The maximum atomic E-state index is 4.95. The fourth-order valence-corrected chi connectivity index (χ4v) is 7.18. The fraction of sp³-hybridized carbons (Fsp3) is 0.349. The molecule has 0 bridgehead atoms. The summed E-state index contributed by atoms with van der Waals surface area (Å²) in [6.45, 7) is 21.6. The number of rotatable bonds is 8. The van der Waals surface area contributed by atoms with Crippen LogP contribution in [0.4, 0.5) is 5.69 Å². The van der Waals surface area contributed by atoms with Gasteiger partial charge in [-0.25, -0.2) is 0 Å². The van der Waals surface area contributed by atoms with Gasteiger partial charge in [0.15, 0.2) is 0 Å². The van der Waals surface area contributed by atoms with Gasteiger partial charge in [0.1, 0.15) is 0 Å². The molecule has 3 heterocycles. The van der Waals surface area contributed by atoms with Crippen molar-refractivity contribution in [3.05, 3.63) is 135 Å². The summed E-state index contributed by atoms with van der Waals surface area (Å²) in [7, 11) is 0. The number of anilines is 1. The van der Waals surface area contributed by atoms with Crippen molar-refractivity contribution in [1.82, 2.24) is 14.9 Å². The molecule has 1 saturated heterocycles. The smallest absolute Gasteiger partial charge is 0.0705 e. The molecule has 0 saturated carbocycles. The van der Waals surface area contributed by atoms with Crippen LogP contribution in [-0.4, -0.2) is 34.0 Å². The minimum Gasteiger partial charge on any atom is -0.364 e. The number of piperidine rings is 1. The molecular formula is C43H50N4. The van der Waals surface area contributed by atoms with Crippen LogP contribution in [0, 0.1) is 55.4 Å². The minimum atomic E-state index is 0.473. The highest BCUT2D eigenvalue weighted by Gasteiger charge is 2.26. The van der Waals surface area contributed by atoms with E-state index in [0.29, 0.717) is 6.04 Å². The Hall–Kier alpha value is -4.28. The zero-order valence-corrected chi connectivity index (χ0v) is 29.6. The van der Waals surface area contributed by atoms with Gasteiger partial charge in [-0.1, -0.05) is 12.1 Å². The second-order valence-electron chi connectivity index (χ2n) is 14.1. The lowest BCUT2D eigenvalue weighted by Gasteiger charge is -2.40. The molecule has 0 unspecified atom stereocenters. The third-order valence-corrected chi connectivity index (χ3v) is 10.4. The first-order valence-corrected chi connectivity index (χ1v) is 17.2. The first-order chi connectivity index (χ1) is 22.5. The van der Waals surface area contributed by atoms with Gasteiger partial charge < -0.3 is 4.90 Å². The summed E-state index contributed by atoms with van der Waals surface area (Å²) in [6.07, 6.45) is 6.33. The van der Waals surface area contributed by atoms with Gasteiger partial charge in [0.2, 0.25) is 0 Å². The summed E-state index contributed by atoms with van der Waals surface area (Å²) in [6, 6.07) is 25.5. The third kappa shape index (κ3) is 7.49. The molecule has 4 nitrogen and oxygen atoms in total. The van der Waals surface area contributed by atoms with Crippen LogP contribution in [0.1, 0.15) is 68.5 Å². The lowest BCUT2D eigenvalue weighted by atomic mass is 9.97. The molecule has 2 aromatic heterocycles. The molecule has 0 atom stereocenters. The Bertz CT molecular complexity index is 1810. The number of aromatic nitrogens is 2. The van der Waals surface area contributed by atoms with Gasteiger partial charge in [0, 0.05) is 61.4 Å². The summed E-state index contributed by atoms with van der Waals surface area (Å²) in [5.74, 6) is 0. The van der Waals surface area contributed by atoms with Crippen molar-refractivity contribution in [3.63, 3.8) is 0 Å².